The van der Waals surface area contributed by atoms with Crippen LogP contribution < -0.4 is 0 Å². The normalized spacial score (nSPS) is 53.4. The maximum absolute atomic E-state index is 12.5. The molecule has 4 nitrogen and oxygen atoms in total. The Hall–Kier alpha value is -0.900. The second-order valence-corrected chi connectivity index (χ2v) is 10.4. The molecule has 146 valence electrons. The van der Waals surface area contributed by atoms with E-state index in [1.807, 2.05) is 6.92 Å². The summed E-state index contributed by atoms with van der Waals surface area (Å²) in [5.74, 6) is 1.33. The topological polar surface area (TPSA) is 63.6 Å². The van der Waals surface area contributed by atoms with E-state index in [9.17, 15) is 14.7 Å². The first kappa shape index (κ1) is 18.5. The lowest BCUT2D eigenvalue weighted by atomic mass is 9.43. The van der Waals surface area contributed by atoms with Crippen LogP contribution in [0.3, 0.4) is 0 Å². The predicted octanol–water partition coefficient (Wildman–Crippen LogP) is 3.75. The number of ether oxygens (including phenoxy) is 1. The molecule has 0 aromatic rings. The molecule has 4 rings (SSSR count). The molecule has 0 spiro atoms. The first-order valence-corrected chi connectivity index (χ1v) is 10.5. The number of hydrogen-bond acceptors (Lipinski definition) is 4. The molecule has 0 radical (unpaired) electrons. The van der Waals surface area contributed by atoms with Crippen LogP contribution in [-0.2, 0) is 14.3 Å². The molecule has 4 saturated carbocycles. The third-order valence-electron chi connectivity index (χ3n) is 9.59. The zero-order valence-electron chi connectivity index (χ0n) is 16.7. The van der Waals surface area contributed by atoms with E-state index in [2.05, 4.69) is 13.8 Å². The Kier molecular flexibility index (Phi) is 4.12. The molecule has 1 N–H and O–H groups in total. The maximum Gasteiger partial charge on any atom is 0.316 e. The molecule has 0 aliphatic heterocycles. The van der Waals surface area contributed by atoms with Gasteiger partial charge in [0.25, 0.3) is 0 Å². The van der Waals surface area contributed by atoms with Crippen LogP contribution in [0.5, 0.6) is 0 Å². The minimum atomic E-state index is -0.569. The molecular formula is C22H34O4. The second kappa shape index (κ2) is 5.80. The zero-order valence-corrected chi connectivity index (χ0v) is 16.7. The van der Waals surface area contributed by atoms with E-state index in [-0.39, 0.29) is 22.6 Å². The molecular weight excluding hydrogens is 328 g/mol. The van der Waals surface area contributed by atoms with Crippen molar-refractivity contribution in [2.45, 2.75) is 77.7 Å². The molecule has 4 fully saturated rings. The highest BCUT2D eigenvalue weighted by Crippen LogP contribution is 2.68. The van der Waals surface area contributed by atoms with Crippen LogP contribution in [-0.4, -0.2) is 29.6 Å². The van der Waals surface area contributed by atoms with Gasteiger partial charge in [0.1, 0.15) is 11.7 Å². The van der Waals surface area contributed by atoms with Gasteiger partial charge in [-0.15, -0.1) is 0 Å². The fourth-order valence-corrected chi connectivity index (χ4v) is 7.73. The van der Waals surface area contributed by atoms with E-state index >= 15 is 0 Å². The molecule has 0 unspecified atom stereocenters. The van der Waals surface area contributed by atoms with Crippen molar-refractivity contribution >= 4 is 11.8 Å². The molecule has 8 atom stereocenters. The van der Waals surface area contributed by atoms with Crippen LogP contribution in [0, 0.1) is 40.4 Å². The Morgan fingerprint density at radius 1 is 1.08 bits per heavy atom. The number of hydrogen-bond donors (Lipinski definition) is 1. The van der Waals surface area contributed by atoms with Crippen molar-refractivity contribution in [3.8, 4) is 0 Å². The number of Topliss-reactive ketones (excluding diaryl/α,β-unsaturated/α-hetero) is 1. The standard InChI is InChI=1S/C22H34O4/c1-20-12-15(19(24)26-4)18(23)11-13(20)5-6-14-16(20)7-9-21(2)17(14)8-10-22(21,3)25/h13-17,25H,5-12H2,1-4H3/t13-,14+,15-,16-,17-,20-,21-,22-/m0/s1. The van der Waals surface area contributed by atoms with Gasteiger partial charge >= 0.3 is 5.97 Å². The minimum absolute atomic E-state index is 0.0175. The fraction of sp³-hybridized carbons (Fsp3) is 0.909. The van der Waals surface area contributed by atoms with Gasteiger partial charge in [0.2, 0.25) is 0 Å². The Bertz CT molecular complexity index is 626. The van der Waals surface area contributed by atoms with Gasteiger partial charge in [-0.3, -0.25) is 9.59 Å². The first-order chi connectivity index (χ1) is 12.1. The summed E-state index contributed by atoms with van der Waals surface area (Å²) in [6, 6.07) is 0. The highest BCUT2D eigenvalue weighted by Gasteiger charge is 2.64. The predicted molar refractivity (Wildman–Crippen MR) is 98.2 cm³/mol. The zero-order chi connectivity index (χ0) is 18.9. The first-order valence-electron chi connectivity index (χ1n) is 10.5. The van der Waals surface area contributed by atoms with Crippen LogP contribution in [0.25, 0.3) is 0 Å². The van der Waals surface area contributed by atoms with Crippen LogP contribution in [0.2, 0.25) is 0 Å². The molecule has 4 aliphatic carbocycles. The second-order valence-electron chi connectivity index (χ2n) is 10.4. The van der Waals surface area contributed by atoms with E-state index < -0.39 is 11.5 Å². The molecule has 26 heavy (non-hydrogen) atoms. The lowest BCUT2D eigenvalue weighted by molar-refractivity contribution is -0.169. The summed E-state index contributed by atoms with van der Waals surface area (Å²) >= 11 is 0. The minimum Gasteiger partial charge on any atom is -0.468 e. The number of fused-ring (bicyclic) bond motifs is 5. The lowest BCUT2D eigenvalue weighted by Gasteiger charge is -2.61. The van der Waals surface area contributed by atoms with Gasteiger partial charge in [-0.05, 0) is 86.4 Å². The quantitative estimate of drug-likeness (QED) is 0.570. The smallest absolute Gasteiger partial charge is 0.316 e. The molecule has 4 heteroatoms. The van der Waals surface area contributed by atoms with Gasteiger partial charge in [-0.2, -0.15) is 0 Å². The van der Waals surface area contributed by atoms with Gasteiger partial charge < -0.3 is 9.84 Å². The number of aliphatic hydroxyl groups is 1. The highest BCUT2D eigenvalue weighted by atomic mass is 16.5. The Labute approximate surface area is 157 Å². The third kappa shape index (κ3) is 2.30. The summed E-state index contributed by atoms with van der Waals surface area (Å²) in [5.41, 5.74) is -0.494. The number of carbonyl (C=O) groups excluding carboxylic acids is 2. The number of esters is 1. The summed E-state index contributed by atoms with van der Waals surface area (Å²) in [6.45, 7) is 6.68. The van der Waals surface area contributed by atoms with Gasteiger partial charge in [-0.1, -0.05) is 13.8 Å². The van der Waals surface area contributed by atoms with Gasteiger partial charge in [0.15, 0.2) is 0 Å². The molecule has 0 amide bonds. The number of rotatable bonds is 1. The van der Waals surface area contributed by atoms with E-state index in [1.54, 1.807) is 0 Å². The molecule has 0 aromatic carbocycles. The molecule has 0 bridgehead atoms. The fourth-order valence-electron chi connectivity index (χ4n) is 7.73. The molecule has 0 heterocycles. The highest BCUT2D eigenvalue weighted by molar-refractivity contribution is 5.99. The Morgan fingerprint density at radius 3 is 2.46 bits per heavy atom. The summed E-state index contributed by atoms with van der Waals surface area (Å²) in [6.07, 6.45) is 7.66. The van der Waals surface area contributed by atoms with Crippen LogP contribution in [0.4, 0.5) is 0 Å². The molecule has 0 saturated heterocycles. The summed E-state index contributed by atoms with van der Waals surface area (Å²) in [5, 5.41) is 11.0. The van der Waals surface area contributed by atoms with Gasteiger partial charge in [0.05, 0.1) is 12.7 Å². The monoisotopic (exact) mass is 362 g/mol. The van der Waals surface area contributed by atoms with Crippen molar-refractivity contribution in [1.29, 1.82) is 0 Å². The van der Waals surface area contributed by atoms with E-state index in [4.69, 9.17) is 4.74 Å². The average Bonchev–Trinajstić information content (AvgIpc) is 2.84. The van der Waals surface area contributed by atoms with E-state index in [1.165, 1.54) is 13.5 Å². The van der Waals surface area contributed by atoms with E-state index in [0.29, 0.717) is 36.5 Å². The third-order valence-corrected chi connectivity index (χ3v) is 9.59. The van der Waals surface area contributed by atoms with Crippen LogP contribution in [0.1, 0.15) is 72.1 Å². The van der Waals surface area contributed by atoms with Gasteiger partial charge in [0, 0.05) is 6.42 Å². The van der Waals surface area contributed by atoms with E-state index in [0.717, 1.165) is 32.1 Å². The summed E-state index contributed by atoms with van der Waals surface area (Å²) in [7, 11) is 1.39. The van der Waals surface area contributed by atoms with Crippen molar-refractivity contribution in [3.63, 3.8) is 0 Å². The number of carbonyl (C=O) groups is 2. The SMILES string of the molecule is COC(=O)[C@H]1C[C@@]2(C)[C@@H](CC[C@@H]3[C@@H]2CC[C@@]2(C)[C@H]3CC[C@]2(C)O)CC1=O. The van der Waals surface area contributed by atoms with Crippen molar-refractivity contribution < 1.29 is 19.4 Å². The van der Waals surface area contributed by atoms with Crippen LogP contribution in [0.15, 0.2) is 0 Å². The molecule has 4 aliphatic rings. The van der Waals surface area contributed by atoms with Crippen molar-refractivity contribution in [1.82, 2.24) is 0 Å². The lowest BCUT2D eigenvalue weighted by Crippen LogP contribution is -2.57. The van der Waals surface area contributed by atoms with Gasteiger partial charge in [-0.25, -0.2) is 0 Å². The molecule has 0 aromatic heterocycles. The maximum atomic E-state index is 12.5. The summed E-state index contributed by atoms with van der Waals surface area (Å²) in [4.78, 5) is 24.7. The van der Waals surface area contributed by atoms with Crippen molar-refractivity contribution in [3.05, 3.63) is 0 Å². The van der Waals surface area contributed by atoms with Crippen molar-refractivity contribution in [2.24, 2.45) is 40.4 Å². The number of ketones is 1. The van der Waals surface area contributed by atoms with Crippen molar-refractivity contribution in [2.75, 3.05) is 7.11 Å². The van der Waals surface area contributed by atoms with Crippen LogP contribution >= 0.6 is 0 Å². The Morgan fingerprint density at radius 2 is 1.77 bits per heavy atom. The number of methoxy groups -OCH3 is 1. The summed E-state index contributed by atoms with van der Waals surface area (Å²) < 4.78 is 4.94. The average molecular weight is 363 g/mol. The Balaban J connectivity index is 1.64. The largest absolute Gasteiger partial charge is 0.468 e.